The van der Waals surface area contributed by atoms with Gasteiger partial charge in [0.1, 0.15) is 0 Å². The summed E-state index contributed by atoms with van der Waals surface area (Å²) in [6.07, 6.45) is 14.9. The van der Waals surface area contributed by atoms with Crippen LogP contribution in [0.5, 0.6) is 0 Å². The van der Waals surface area contributed by atoms with Gasteiger partial charge in [-0.05, 0) is 92.3 Å². The predicted octanol–water partition coefficient (Wildman–Crippen LogP) is 4.57. The number of benzene rings is 1. The zero-order chi connectivity index (χ0) is 15.3. The fourth-order valence-electron chi connectivity index (χ4n) is 6.04. The van der Waals surface area contributed by atoms with Crippen molar-refractivity contribution in [2.24, 2.45) is 17.8 Å². The summed E-state index contributed by atoms with van der Waals surface area (Å²) in [6.45, 7) is 4.01. The number of rotatable bonds is 2. The molecule has 23 heavy (non-hydrogen) atoms. The van der Waals surface area contributed by atoms with Gasteiger partial charge < -0.3 is 4.90 Å². The Balaban J connectivity index is 1.25. The lowest BCUT2D eigenvalue weighted by atomic mass is 9.68. The van der Waals surface area contributed by atoms with Gasteiger partial charge in [0.15, 0.2) is 0 Å². The standard InChI is InChI=1S/C22H29N/c1-2-4-21-19(3-1)9-10-22(21)11-13-23(14-12-22)16-20-15-17-5-7-18(20)8-6-17/h1-5,7,17-18,20H,6,8-16H2/t17-,18-,20+/m0/s1. The molecular weight excluding hydrogens is 278 g/mol. The molecule has 1 nitrogen and oxygen atoms in total. The molecule has 1 saturated heterocycles. The summed E-state index contributed by atoms with van der Waals surface area (Å²) >= 11 is 0. The lowest BCUT2D eigenvalue weighted by Crippen LogP contribution is -2.45. The van der Waals surface area contributed by atoms with Crippen molar-refractivity contribution in [3.63, 3.8) is 0 Å². The number of piperidine rings is 1. The highest BCUT2D eigenvalue weighted by molar-refractivity contribution is 5.39. The van der Waals surface area contributed by atoms with E-state index in [-0.39, 0.29) is 0 Å². The number of hydrogen-bond acceptors (Lipinski definition) is 1. The van der Waals surface area contributed by atoms with Crippen LogP contribution in [0.4, 0.5) is 0 Å². The van der Waals surface area contributed by atoms with Crippen molar-refractivity contribution >= 4 is 0 Å². The van der Waals surface area contributed by atoms with Crippen molar-refractivity contribution in [2.45, 2.75) is 50.4 Å². The van der Waals surface area contributed by atoms with Crippen molar-refractivity contribution in [2.75, 3.05) is 19.6 Å². The molecule has 0 unspecified atom stereocenters. The average molecular weight is 307 g/mol. The number of aryl methyl sites for hydroxylation is 1. The van der Waals surface area contributed by atoms with Crippen LogP contribution in [0.25, 0.3) is 0 Å². The molecule has 6 rings (SSSR count). The first kappa shape index (κ1) is 14.3. The van der Waals surface area contributed by atoms with Crippen molar-refractivity contribution in [3.8, 4) is 0 Å². The average Bonchev–Trinajstić information content (AvgIpc) is 2.97. The van der Waals surface area contributed by atoms with Gasteiger partial charge in [-0.25, -0.2) is 0 Å². The molecular formula is C22H29N. The van der Waals surface area contributed by atoms with Gasteiger partial charge in [0.2, 0.25) is 0 Å². The summed E-state index contributed by atoms with van der Waals surface area (Å²) in [4.78, 5) is 2.80. The van der Waals surface area contributed by atoms with Crippen molar-refractivity contribution < 1.29 is 0 Å². The summed E-state index contributed by atoms with van der Waals surface area (Å²) in [5.41, 5.74) is 3.86. The van der Waals surface area contributed by atoms with Gasteiger partial charge in [-0.1, -0.05) is 36.4 Å². The third kappa shape index (κ3) is 2.39. The number of fused-ring (bicyclic) bond motifs is 4. The number of hydrogen-bond donors (Lipinski definition) is 0. The Morgan fingerprint density at radius 3 is 2.61 bits per heavy atom. The van der Waals surface area contributed by atoms with E-state index in [1.807, 2.05) is 0 Å². The quantitative estimate of drug-likeness (QED) is 0.724. The van der Waals surface area contributed by atoms with E-state index in [1.54, 1.807) is 11.1 Å². The molecule has 1 heteroatoms. The Morgan fingerprint density at radius 2 is 1.87 bits per heavy atom. The Kier molecular flexibility index (Phi) is 3.40. The van der Waals surface area contributed by atoms with Crippen LogP contribution in [0.1, 0.15) is 49.7 Å². The molecule has 0 amide bonds. The van der Waals surface area contributed by atoms with Crippen LogP contribution in [-0.2, 0) is 11.8 Å². The van der Waals surface area contributed by atoms with Gasteiger partial charge in [-0.3, -0.25) is 0 Å². The van der Waals surface area contributed by atoms with Gasteiger partial charge >= 0.3 is 0 Å². The fraction of sp³-hybridized carbons (Fsp3) is 0.636. The Hall–Kier alpha value is -1.08. The molecule has 1 spiro atoms. The van der Waals surface area contributed by atoms with Gasteiger partial charge in [-0.15, -0.1) is 0 Å². The van der Waals surface area contributed by atoms with E-state index in [0.717, 1.165) is 17.8 Å². The normalized spacial score (nSPS) is 34.9. The summed E-state index contributed by atoms with van der Waals surface area (Å²) < 4.78 is 0. The molecule has 1 aliphatic heterocycles. The van der Waals surface area contributed by atoms with Crippen LogP contribution in [-0.4, -0.2) is 24.5 Å². The van der Waals surface area contributed by atoms with Gasteiger partial charge in [0.05, 0.1) is 0 Å². The van der Waals surface area contributed by atoms with Crippen LogP contribution in [0.3, 0.4) is 0 Å². The third-order valence-electron chi connectivity index (χ3n) is 7.48. The van der Waals surface area contributed by atoms with Gasteiger partial charge in [0.25, 0.3) is 0 Å². The second-order valence-electron chi connectivity index (χ2n) is 8.62. The first-order valence-electron chi connectivity index (χ1n) is 9.81. The summed E-state index contributed by atoms with van der Waals surface area (Å²) in [6, 6.07) is 9.26. The molecule has 2 bridgehead atoms. The van der Waals surface area contributed by atoms with E-state index in [2.05, 4.69) is 41.3 Å². The van der Waals surface area contributed by atoms with Crippen LogP contribution >= 0.6 is 0 Å². The molecule has 2 fully saturated rings. The largest absolute Gasteiger partial charge is 0.303 e. The monoisotopic (exact) mass is 307 g/mol. The second-order valence-corrected chi connectivity index (χ2v) is 8.62. The van der Waals surface area contributed by atoms with E-state index >= 15 is 0 Å². The number of nitrogens with zero attached hydrogens (tertiary/aromatic N) is 1. The highest BCUT2D eigenvalue weighted by atomic mass is 15.1. The summed E-state index contributed by atoms with van der Waals surface area (Å²) in [7, 11) is 0. The van der Waals surface area contributed by atoms with E-state index in [4.69, 9.17) is 0 Å². The molecule has 1 saturated carbocycles. The lowest BCUT2D eigenvalue weighted by molar-refractivity contribution is 0.102. The predicted molar refractivity (Wildman–Crippen MR) is 95.6 cm³/mol. The first-order chi connectivity index (χ1) is 11.3. The molecule has 1 heterocycles. The summed E-state index contributed by atoms with van der Waals surface area (Å²) in [5.74, 6) is 2.74. The zero-order valence-electron chi connectivity index (χ0n) is 14.2. The molecule has 1 aromatic carbocycles. The van der Waals surface area contributed by atoms with E-state index in [9.17, 15) is 0 Å². The van der Waals surface area contributed by atoms with E-state index in [0.29, 0.717) is 5.41 Å². The minimum atomic E-state index is 0.526. The molecule has 0 radical (unpaired) electrons. The van der Waals surface area contributed by atoms with Crippen LogP contribution < -0.4 is 0 Å². The van der Waals surface area contributed by atoms with Crippen molar-refractivity contribution in [3.05, 3.63) is 47.5 Å². The molecule has 4 aliphatic carbocycles. The maximum absolute atomic E-state index is 2.80. The lowest BCUT2D eigenvalue weighted by Gasteiger charge is -2.44. The van der Waals surface area contributed by atoms with Crippen molar-refractivity contribution in [1.29, 1.82) is 0 Å². The second kappa shape index (κ2) is 5.48. The van der Waals surface area contributed by atoms with E-state index in [1.165, 1.54) is 64.6 Å². The molecule has 0 aromatic heterocycles. The molecule has 5 aliphatic rings. The zero-order valence-corrected chi connectivity index (χ0v) is 14.2. The highest BCUT2D eigenvalue weighted by Gasteiger charge is 2.41. The van der Waals surface area contributed by atoms with Crippen LogP contribution in [0, 0.1) is 17.8 Å². The minimum absolute atomic E-state index is 0.526. The molecule has 3 atom stereocenters. The third-order valence-corrected chi connectivity index (χ3v) is 7.48. The van der Waals surface area contributed by atoms with E-state index < -0.39 is 0 Å². The molecule has 0 N–H and O–H groups in total. The topological polar surface area (TPSA) is 3.24 Å². The molecule has 122 valence electrons. The van der Waals surface area contributed by atoms with Crippen LogP contribution in [0.2, 0.25) is 0 Å². The Labute approximate surface area is 140 Å². The van der Waals surface area contributed by atoms with Gasteiger partial charge in [-0.2, -0.15) is 0 Å². The molecule has 1 aromatic rings. The van der Waals surface area contributed by atoms with Crippen LogP contribution in [0.15, 0.2) is 36.4 Å². The SMILES string of the molecule is C1=C[C@H]2CC[C@H]1C[C@@H]2CN1CCC2(CCc3ccccc32)CC1. The maximum Gasteiger partial charge on any atom is 0.00155 e. The Morgan fingerprint density at radius 1 is 1.00 bits per heavy atom. The van der Waals surface area contributed by atoms with Crippen molar-refractivity contribution in [1.82, 2.24) is 4.90 Å². The number of likely N-dealkylation sites (tertiary alicyclic amines) is 1. The first-order valence-corrected chi connectivity index (χ1v) is 9.81. The number of allylic oxidation sites excluding steroid dienone is 2. The summed E-state index contributed by atoms with van der Waals surface area (Å²) in [5, 5.41) is 0. The Bertz CT molecular complexity index is 608. The van der Waals surface area contributed by atoms with Gasteiger partial charge in [0, 0.05) is 6.54 Å². The maximum atomic E-state index is 2.80. The smallest absolute Gasteiger partial charge is 0.00155 e. The fourth-order valence-corrected chi connectivity index (χ4v) is 6.04. The minimum Gasteiger partial charge on any atom is -0.303 e. The highest BCUT2D eigenvalue weighted by Crippen LogP contribution is 2.47.